The predicted octanol–water partition coefficient (Wildman–Crippen LogP) is 3.10. The van der Waals surface area contributed by atoms with Crippen LogP contribution in [0.2, 0.25) is 0 Å². The van der Waals surface area contributed by atoms with E-state index in [-0.39, 0.29) is 23.7 Å². The maximum Gasteiger partial charge on any atom is 0.238 e. The zero-order chi connectivity index (χ0) is 17.4. The molecule has 2 aromatic rings. The number of piperidine rings is 1. The predicted molar refractivity (Wildman–Crippen MR) is 93.7 cm³/mol. The monoisotopic (exact) mass is 365 g/mol. The second-order valence-corrected chi connectivity index (χ2v) is 7.17. The molecule has 2 aromatic heterocycles. The Morgan fingerprint density at radius 1 is 1.38 bits per heavy atom. The molecule has 3 rings (SSSR count). The minimum Gasteiger partial charge on any atom is -0.274 e. The molecule has 2 unspecified atom stereocenters. The van der Waals surface area contributed by atoms with Crippen molar-refractivity contribution in [1.82, 2.24) is 9.97 Å². The molecular formula is C16H16FN3O2S2. The number of thiazole rings is 1. The lowest BCUT2D eigenvalue weighted by molar-refractivity contribution is -0.134. The summed E-state index contributed by atoms with van der Waals surface area (Å²) in [5.74, 6) is -1.08. The van der Waals surface area contributed by atoms with Crippen molar-refractivity contribution in [2.45, 2.75) is 20.3 Å². The molecule has 1 fully saturated rings. The van der Waals surface area contributed by atoms with Crippen LogP contribution in [-0.2, 0) is 9.59 Å². The van der Waals surface area contributed by atoms with Crippen LogP contribution in [0.3, 0.4) is 0 Å². The SMILES string of the molecule is Cc1nc(-c2cncc(F)c2)sc1N1C(=O)C(C)CC(CS)C1=O. The first kappa shape index (κ1) is 17.0. The number of thiol groups is 1. The van der Waals surface area contributed by atoms with Crippen LogP contribution in [0.25, 0.3) is 10.6 Å². The Kier molecular flexibility index (Phi) is 4.69. The highest BCUT2D eigenvalue weighted by atomic mass is 32.1. The number of hydrogen-bond acceptors (Lipinski definition) is 6. The van der Waals surface area contributed by atoms with Gasteiger partial charge in [0, 0.05) is 29.3 Å². The minimum atomic E-state index is -0.462. The lowest BCUT2D eigenvalue weighted by Gasteiger charge is -2.32. The number of imide groups is 1. The van der Waals surface area contributed by atoms with E-state index in [2.05, 4.69) is 22.6 Å². The molecule has 0 N–H and O–H groups in total. The van der Waals surface area contributed by atoms with Crippen LogP contribution < -0.4 is 4.90 Å². The van der Waals surface area contributed by atoms with Crippen molar-refractivity contribution < 1.29 is 14.0 Å². The largest absolute Gasteiger partial charge is 0.274 e. The van der Waals surface area contributed by atoms with Crippen LogP contribution in [-0.4, -0.2) is 27.5 Å². The molecule has 1 aliphatic rings. The van der Waals surface area contributed by atoms with Crippen molar-refractivity contribution in [1.29, 1.82) is 0 Å². The summed E-state index contributed by atoms with van der Waals surface area (Å²) in [6.45, 7) is 3.55. The highest BCUT2D eigenvalue weighted by Crippen LogP contribution is 2.38. The Morgan fingerprint density at radius 3 is 2.79 bits per heavy atom. The molecule has 2 amide bonds. The third kappa shape index (κ3) is 2.95. The number of rotatable bonds is 3. The molecule has 8 heteroatoms. The molecule has 1 aliphatic heterocycles. The Balaban J connectivity index is 2.02. The molecule has 0 spiro atoms. The molecule has 3 heterocycles. The van der Waals surface area contributed by atoms with Crippen molar-refractivity contribution in [2.24, 2.45) is 11.8 Å². The number of pyridine rings is 1. The normalized spacial score (nSPS) is 21.4. The summed E-state index contributed by atoms with van der Waals surface area (Å²) in [6, 6.07) is 1.33. The molecule has 0 saturated carbocycles. The first-order chi connectivity index (χ1) is 11.4. The topological polar surface area (TPSA) is 63.2 Å². The summed E-state index contributed by atoms with van der Waals surface area (Å²) in [5.41, 5.74) is 1.08. The molecule has 0 bridgehead atoms. The van der Waals surface area contributed by atoms with Gasteiger partial charge in [-0.2, -0.15) is 12.6 Å². The molecule has 0 aliphatic carbocycles. The molecular weight excluding hydrogens is 349 g/mol. The van der Waals surface area contributed by atoms with E-state index in [0.717, 1.165) is 6.20 Å². The summed E-state index contributed by atoms with van der Waals surface area (Å²) in [7, 11) is 0. The second kappa shape index (κ2) is 6.60. The van der Waals surface area contributed by atoms with E-state index in [1.807, 2.05) is 6.92 Å². The third-order valence-corrected chi connectivity index (χ3v) is 5.63. The maximum atomic E-state index is 13.4. The van der Waals surface area contributed by atoms with Gasteiger partial charge in [-0.25, -0.2) is 14.3 Å². The van der Waals surface area contributed by atoms with Gasteiger partial charge in [-0.3, -0.25) is 14.6 Å². The molecule has 0 aromatic carbocycles. The van der Waals surface area contributed by atoms with Crippen LogP contribution in [0.5, 0.6) is 0 Å². The van der Waals surface area contributed by atoms with Gasteiger partial charge < -0.3 is 0 Å². The van der Waals surface area contributed by atoms with Gasteiger partial charge in [-0.05, 0) is 19.4 Å². The fourth-order valence-corrected chi connectivity index (χ4v) is 4.11. The highest BCUT2D eigenvalue weighted by Gasteiger charge is 2.40. The summed E-state index contributed by atoms with van der Waals surface area (Å²) in [6.07, 6.45) is 3.13. The Labute approximate surface area is 148 Å². The van der Waals surface area contributed by atoms with E-state index >= 15 is 0 Å². The zero-order valence-corrected chi connectivity index (χ0v) is 14.9. The number of aromatic nitrogens is 2. The smallest absolute Gasteiger partial charge is 0.238 e. The third-order valence-electron chi connectivity index (χ3n) is 4.00. The van der Waals surface area contributed by atoms with Crippen LogP contribution in [0.15, 0.2) is 18.5 Å². The van der Waals surface area contributed by atoms with Crippen molar-refractivity contribution in [3.05, 3.63) is 30.0 Å². The first-order valence-corrected chi connectivity index (χ1v) is 8.94. The van der Waals surface area contributed by atoms with Gasteiger partial charge in [0.25, 0.3) is 0 Å². The number of nitrogens with zero attached hydrogens (tertiary/aromatic N) is 3. The highest BCUT2D eigenvalue weighted by molar-refractivity contribution is 7.80. The van der Waals surface area contributed by atoms with Gasteiger partial charge in [0.05, 0.1) is 11.9 Å². The summed E-state index contributed by atoms with van der Waals surface area (Å²) >= 11 is 5.42. The summed E-state index contributed by atoms with van der Waals surface area (Å²) in [5, 5.41) is 1.01. The maximum absolute atomic E-state index is 13.4. The van der Waals surface area contributed by atoms with Gasteiger partial charge in [0.15, 0.2) is 0 Å². The van der Waals surface area contributed by atoms with Gasteiger partial charge in [0.2, 0.25) is 11.8 Å². The number of carbonyl (C=O) groups is 2. The van der Waals surface area contributed by atoms with Crippen LogP contribution in [0, 0.1) is 24.6 Å². The van der Waals surface area contributed by atoms with Crippen LogP contribution in [0.4, 0.5) is 9.39 Å². The summed E-state index contributed by atoms with van der Waals surface area (Å²) in [4.78, 5) is 34.6. The van der Waals surface area contributed by atoms with E-state index in [9.17, 15) is 14.0 Å². The molecule has 1 saturated heterocycles. The van der Waals surface area contributed by atoms with Gasteiger partial charge in [-0.1, -0.05) is 18.3 Å². The van der Waals surface area contributed by atoms with Crippen molar-refractivity contribution in [2.75, 3.05) is 10.7 Å². The van der Waals surface area contributed by atoms with Gasteiger partial charge >= 0.3 is 0 Å². The first-order valence-electron chi connectivity index (χ1n) is 7.49. The number of anilines is 1. The van der Waals surface area contributed by atoms with Crippen LogP contribution >= 0.6 is 24.0 Å². The molecule has 126 valence electrons. The average molecular weight is 365 g/mol. The minimum absolute atomic E-state index is 0.228. The quantitative estimate of drug-likeness (QED) is 0.671. The van der Waals surface area contributed by atoms with Crippen molar-refractivity contribution in [3.8, 4) is 10.6 Å². The van der Waals surface area contributed by atoms with Crippen molar-refractivity contribution >= 4 is 40.8 Å². The second-order valence-electron chi connectivity index (χ2n) is 5.83. The number of amides is 2. The average Bonchev–Trinajstić information content (AvgIpc) is 2.93. The fourth-order valence-electron chi connectivity index (χ4n) is 2.74. The molecule has 5 nitrogen and oxygen atoms in total. The lowest BCUT2D eigenvalue weighted by Crippen LogP contribution is -2.49. The number of carbonyl (C=O) groups excluding carboxylic acids is 2. The molecule has 24 heavy (non-hydrogen) atoms. The Hall–Kier alpha value is -1.80. The fraction of sp³-hybridized carbons (Fsp3) is 0.375. The van der Waals surface area contributed by atoms with E-state index in [1.165, 1.54) is 28.5 Å². The Morgan fingerprint density at radius 2 is 2.12 bits per heavy atom. The molecule has 2 atom stereocenters. The standard InChI is InChI=1S/C16H16FN3O2S2/c1-8-3-11(7-23)15(22)20(14(8)21)16-9(2)19-13(24-16)10-4-12(17)6-18-5-10/h4-6,8,11,23H,3,7H2,1-2H3. The van der Waals surface area contributed by atoms with Crippen LogP contribution in [0.1, 0.15) is 19.0 Å². The Bertz CT molecular complexity index is 808. The number of halogens is 1. The number of hydrogen-bond donors (Lipinski definition) is 1. The molecule has 0 radical (unpaired) electrons. The summed E-state index contributed by atoms with van der Waals surface area (Å²) < 4.78 is 13.4. The van der Waals surface area contributed by atoms with E-state index in [0.29, 0.717) is 33.4 Å². The van der Waals surface area contributed by atoms with Crippen molar-refractivity contribution in [3.63, 3.8) is 0 Å². The lowest BCUT2D eigenvalue weighted by atomic mass is 9.90. The number of aryl methyl sites for hydroxylation is 1. The van der Waals surface area contributed by atoms with E-state index < -0.39 is 5.82 Å². The van der Waals surface area contributed by atoms with Gasteiger partial charge in [-0.15, -0.1) is 0 Å². The van der Waals surface area contributed by atoms with E-state index in [4.69, 9.17) is 0 Å². The van der Waals surface area contributed by atoms with Gasteiger partial charge in [0.1, 0.15) is 15.8 Å². The van der Waals surface area contributed by atoms with E-state index in [1.54, 1.807) is 6.92 Å². The zero-order valence-electron chi connectivity index (χ0n) is 13.2.